The molecule has 3 aromatic rings. The van der Waals surface area contributed by atoms with Gasteiger partial charge in [-0.25, -0.2) is 9.97 Å². The van der Waals surface area contributed by atoms with Gasteiger partial charge in [-0.05, 0) is 42.5 Å². The summed E-state index contributed by atoms with van der Waals surface area (Å²) in [6.07, 6.45) is 1.72. The molecular weight excluding hydrogens is 428 g/mol. The third-order valence-corrected chi connectivity index (χ3v) is 5.73. The standard InChI is InChI=1S/C26H30N6O2/c1-18(2)25(34)32-16-14-31(15-17-32)23-10-8-22(9-11-23)29-26-27-13-12-24(30-26)20-4-6-21(7-5-20)28-19(3)33/h4-13,18H,14-17H2,1-3H3,(H,28,33)(H,27,29,30). The van der Waals surface area contributed by atoms with Crippen LogP contribution in [0.4, 0.5) is 23.0 Å². The highest BCUT2D eigenvalue weighted by Crippen LogP contribution is 2.24. The summed E-state index contributed by atoms with van der Waals surface area (Å²) in [5, 5.41) is 6.03. The van der Waals surface area contributed by atoms with Gasteiger partial charge in [0.15, 0.2) is 0 Å². The Morgan fingerprint density at radius 1 is 0.882 bits per heavy atom. The maximum atomic E-state index is 12.2. The van der Waals surface area contributed by atoms with Gasteiger partial charge in [-0.3, -0.25) is 9.59 Å². The minimum atomic E-state index is -0.101. The van der Waals surface area contributed by atoms with Crippen molar-refractivity contribution in [3.63, 3.8) is 0 Å². The van der Waals surface area contributed by atoms with E-state index in [9.17, 15) is 9.59 Å². The molecule has 0 unspecified atom stereocenters. The molecule has 2 heterocycles. The van der Waals surface area contributed by atoms with E-state index in [0.29, 0.717) is 5.95 Å². The molecule has 0 saturated carbocycles. The number of nitrogens with one attached hydrogen (secondary N) is 2. The Hall–Kier alpha value is -3.94. The lowest BCUT2D eigenvalue weighted by Gasteiger charge is -2.37. The SMILES string of the molecule is CC(=O)Nc1ccc(-c2ccnc(Nc3ccc(N4CCN(C(=O)C(C)C)CC4)cc3)n2)cc1. The molecule has 1 aliphatic rings. The summed E-state index contributed by atoms with van der Waals surface area (Å²) in [4.78, 5) is 36.6. The van der Waals surface area contributed by atoms with Crippen LogP contribution in [0.25, 0.3) is 11.3 Å². The zero-order valence-electron chi connectivity index (χ0n) is 19.8. The van der Waals surface area contributed by atoms with Crippen molar-refractivity contribution in [3.05, 3.63) is 60.8 Å². The summed E-state index contributed by atoms with van der Waals surface area (Å²) in [6, 6.07) is 17.6. The summed E-state index contributed by atoms with van der Waals surface area (Å²) in [6.45, 7) is 8.55. The van der Waals surface area contributed by atoms with E-state index >= 15 is 0 Å². The van der Waals surface area contributed by atoms with Gasteiger partial charge in [0.05, 0.1) is 5.69 Å². The van der Waals surface area contributed by atoms with Crippen LogP contribution in [0.3, 0.4) is 0 Å². The number of hydrogen-bond acceptors (Lipinski definition) is 6. The van der Waals surface area contributed by atoms with Gasteiger partial charge in [-0.1, -0.05) is 26.0 Å². The first kappa shape index (κ1) is 23.2. The summed E-state index contributed by atoms with van der Waals surface area (Å²) < 4.78 is 0. The fraction of sp³-hybridized carbons (Fsp3) is 0.308. The molecule has 0 bridgehead atoms. The van der Waals surface area contributed by atoms with E-state index < -0.39 is 0 Å². The lowest BCUT2D eigenvalue weighted by Crippen LogP contribution is -2.49. The molecule has 0 radical (unpaired) electrons. The smallest absolute Gasteiger partial charge is 0.227 e. The van der Waals surface area contributed by atoms with Crippen LogP contribution in [0.1, 0.15) is 20.8 Å². The zero-order chi connectivity index (χ0) is 24.1. The topological polar surface area (TPSA) is 90.5 Å². The number of anilines is 4. The molecule has 8 nitrogen and oxygen atoms in total. The molecule has 1 saturated heterocycles. The highest BCUT2D eigenvalue weighted by Gasteiger charge is 2.22. The third kappa shape index (κ3) is 5.70. The molecule has 0 spiro atoms. The van der Waals surface area contributed by atoms with Gasteiger partial charge in [-0.15, -0.1) is 0 Å². The quantitative estimate of drug-likeness (QED) is 0.577. The van der Waals surface area contributed by atoms with Gasteiger partial charge in [0.1, 0.15) is 0 Å². The van der Waals surface area contributed by atoms with Crippen LogP contribution in [-0.2, 0) is 9.59 Å². The summed E-state index contributed by atoms with van der Waals surface area (Å²) >= 11 is 0. The van der Waals surface area contributed by atoms with E-state index in [1.807, 2.05) is 61.2 Å². The predicted octanol–water partition coefficient (Wildman–Crippen LogP) is 4.15. The summed E-state index contributed by atoms with van der Waals surface area (Å²) in [5.74, 6) is 0.679. The van der Waals surface area contributed by atoms with Crippen molar-refractivity contribution < 1.29 is 9.59 Å². The maximum Gasteiger partial charge on any atom is 0.227 e. The van der Waals surface area contributed by atoms with Crippen LogP contribution in [0.15, 0.2) is 60.8 Å². The Morgan fingerprint density at radius 3 is 2.15 bits per heavy atom. The molecule has 1 fully saturated rings. The number of nitrogens with zero attached hydrogens (tertiary/aromatic N) is 4. The van der Waals surface area contributed by atoms with Crippen molar-refractivity contribution >= 4 is 34.8 Å². The number of aromatic nitrogens is 2. The molecule has 0 aliphatic carbocycles. The van der Waals surface area contributed by atoms with Crippen LogP contribution in [0, 0.1) is 5.92 Å². The molecule has 0 atom stereocenters. The first-order valence-electron chi connectivity index (χ1n) is 11.5. The van der Waals surface area contributed by atoms with Crippen LogP contribution in [-0.4, -0.2) is 52.9 Å². The molecule has 2 amide bonds. The largest absolute Gasteiger partial charge is 0.368 e. The number of carbonyl (C=O) groups excluding carboxylic acids is 2. The lowest BCUT2D eigenvalue weighted by atomic mass is 10.1. The average Bonchev–Trinajstić information content (AvgIpc) is 2.84. The fourth-order valence-electron chi connectivity index (χ4n) is 3.94. The first-order valence-corrected chi connectivity index (χ1v) is 11.5. The molecule has 1 aliphatic heterocycles. The second kappa shape index (κ2) is 10.3. The Labute approximate surface area is 200 Å². The molecule has 4 rings (SSSR count). The highest BCUT2D eigenvalue weighted by molar-refractivity contribution is 5.89. The predicted molar refractivity (Wildman–Crippen MR) is 135 cm³/mol. The number of carbonyl (C=O) groups is 2. The van der Waals surface area contributed by atoms with Gasteiger partial charge < -0.3 is 20.4 Å². The van der Waals surface area contributed by atoms with Crippen molar-refractivity contribution in [3.8, 4) is 11.3 Å². The number of hydrogen-bond donors (Lipinski definition) is 2. The number of benzene rings is 2. The van der Waals surface area contributed by atoms with Crippen LogP contribution in [0.5, 0.6) is 0 Å². The number of rotatable bonds is 6. The van der Waals surface area contributed by atoms with E-state index in [2.05, 4.69) is 37.6 Å². The van der Waals surface area contributed by atoms with Crippen molar-refractivity contribution in [2.45, 2.75) is 20.8 Å². The molecule has 2 aromatic carbocycles. The molecule has 8 heteroatoms. The fourth-order valence-corrected chi connectivity index (χ4v) is 3.94. The van der Waals surface area contributed by atoms with E-state index in [0.717, 1.165) is 54.5 Å². The Balaban J connectivity index is 1.38. The minimum absolute atomic E-state index is 0.0423. The normalized spacial score (nSPS) is 13.6. The monoisotopic (exact) mass is 458 g/mol. The van der Waals surface area contributed by atoms with E-state index in [4.69, 9.17) is 0 Å². The average molecular weight is 459 g/mol. The van der Waals surface area contributed by atoms with E-state index in [1.165, 1.54) is 6.92 Å². The summed E-state index contributed by atoms with van der Waals surface area (Å²) in [5.41, 5.74) is 4.51. The van der Waals surface area contributed by atoms with Crippen molar-refractivity contribution in [2.24, 2.45) is 5.92 Å². The minimum Gasteiger partial charge on any atom is -0.368 e. The molecule has 2 N–H and O–H groups in total. The van der Waals surface area contributed by atoms with Gasteiger partial charge in [-0.2, -0.15) is 0 Å². The molecule has 1 aromatic heterocycles. The maximum absolute atomic E-state index is 12.2. The Morgan fingerprint density at radius 2 is 1.53 bits per heavy atom. The van der Waals surface area contributed by atoms with Gasteiger partial charge in [0, 0.05) is 67.8 Å². The van der Waals surface area contributed by atoms with Gasteiger partial charge in [0.25, 0.3) is 0 Å². The van der Waals surface area contributed by atoms with Crippen molar-refractivity contribution in [1.82, 2.24) is 14.9 Å². The Kier molecular flexibility index (Phi) is 7.06. The first-order chi connectivity index (χ1) is 16.4. The Bertz CT molecular complexity index is 1140. The van der Waals surface area contributed by atoms with Gasteiger partial charge >= 0.3 is 0 Å². The van der Waals surface area contributed by atoms with Crippen LogP contribution >= 0.6 is 0 Å². The molecule has 176 valence electrons. The number of amides is 2. The zero-order valence-corrected chi connectivity index (χ0v) is 19.8. The molecule has 34 heavy (non-hydrogen) atoms. The van der Waals surface area contributed by atoms with Crippen molar-refractivity contribution in [2.75, 3.05) is 41.7 Å². The van der Waals surface area contributed by atoms with Crippen molar-refractivity contribution in [1.29, 1.82) is 0 Å². The van der Waals surface area contributed by atoms with Crippen LogP contribution < -0.4 is 15.5 Å². The number of piperazine rings is 1. The van der Waals surface area contributed by atoms with Crippen LogP contribution in [0.2, 0.25) is 0 Å². The molecular formula is C26H30N6O2. The third-order valence-electron chi connectivity index (χ3n) is 5.73. The van der Waals surface area contributed by atoms with E-state index in [1.54, 1.807) is 6.20 Å². The van der Waals surface area contributed by atoms with E-state index in [-0.39, 0.29) is 17.7 Å². The lowest BCUT2D eigenvalue weighted by molar-refractivity contribution is -0.134. The summed E-state index contributed by atoms with van der Waals surface area (Å²) in [7, 11) is 0. The highest BCUT2D eigenvalue weighted by atomic mass is 16.2. The second-order valence-electron chi connectivity index (χ2n) is 8.66. The van der Waals surface area contributed by atoms with Gasteiger partial charge in [0.2, 0.25) is 17.8 Å². The second-order valence-corrected chi connectivity index (χ2v) is 8.66.